The van der Waals surface area contributed by atoms with E-state index in [-0.39, 0.29) is 11.7 Å². The SMILES string of the molecule is CN=C(NCc1ccc([N+](=O)[O-])cc1)NC1CCN(c2cccc(Cl)c2)C1. The van der Waals surface area contributed by atoms with Gasteiger partial charge in [0.05, 0.1) is 4.92 Å². The first-order chi connectivity index (χ1) is 13.0. The highest BCUT2D eigenvalue weighted by Crippen LogP contribution is 2.23. The molecule has 2 N–H and O–H groups in total. The molecule has 142 valence electrons. The van der Waals surface area contributed by atoms with Crippen LogP contribution in [-0.4, -0.2) is 37.1 Å². The Kier molecular flexibility index (Phi) is 6.13. The standard InChI is InChI=1S/C19H22ClN5O2/c1-21-19(22-12-14-5-7-17(8-6-14)25(26)27)23-16-9-10-24(13-16)18-4-2-3-15(20)11-18/h2-8,11,16H,9-10,12-13H2,1H3,(H2,21,22,23). The summed E-state index contributed by atoms with van der Waals surface area (Å²) in [6.07, 6.45) is 1.00. The molecule has 1 fully saturated rings. The number of nitrogens with zero attached hydrogens (tertiary/aromatic N) is 3. The van der Waals surface area contributed by atoms with Gasteiger partial charge in [-0.15, -0.1) is 0 Å². The van der Waals surface area contributed by atoms with Crippen molar-refractivity contribution in [2.75, 3.05) is 25.0 Å². The highest BCUT2D eigenvalue weighted by atomic mass is 35.5. The first-order valence-electron chi connectivity index (χ1n) is 8.76. The molecule has 8 heteroatoms. The normalized spacial score (nSPS) is 17.0. The summed E-state index contributed by atoms with van der Waals surface area (Å²) in [4.78, 5) is 16.9. The molecule has 27 heavy (non-hydrogen) atoms. The average Bonchev–Trinajstić information content (AvgIpc) is 3.14. The number of hydrogen-bond donors (Lipinski definition) is 2. The predicted octanol–water partition coefficient (Wildman–Crippen LogP) is 3.19. The monoisotopic (exact) mass is 387 g/mol. The van der Waals surface area contributed by atoms with E-state index in [0.29, 0.717) is 12.5 Å². The second kappa shape index (κ2) is 8.73. The lowest BCUT2D eigenvalue weighted by atomic mass is 10.2. The lowest BCUT2D eigenvalue weighted by Crippen LogP contribution is -2.44. The molecule has 0 spiro atoms. The first kappa shape index (κ1) is 19.0. The number of guanidine groups is 1. The minimum Gasteiger partial charge on any atom is -0.369 e. The van der Waals surface area contributed by atoms with E-state index in [2.05, 4.69) is 26.6 Å². The van der Waals surface area contributed by atoms with E-state index in [1.165, 1.54) is 12.1 Å². The first-order valence-corrected chi connectivity index (χ1v) is 9.14. The number of aliphatic imine (C=N–C) groups is 1. The molecule has 0 aliphatic carbocycles. The average molecular weight is 388 g/mol. The fourth-order valence-corrected chi connectivity index (χ4v) is 3.28. The molecule has 2 aromatic rings. The van der Waals surface area contributed by atoms with E-state index in [9.17, 15) is 10.1 Å². The molecule has 0 bridgehead atoms. The molecule has 1 heterocycles. The molecule has 1 unspecified atom stereocenters. The molecule has 0 radical (unpaired) electrons. The van der Waals surface area contributed by atoms with Crippen molar-refractivity contribution in [1.82, 2.24) is 10.6 Å². The summed E-state index contributed by atoms with van der Waals surface area (Å²) in [5, 5.41) is 18.1. The largest absolute Gasteiger partial charge is 0.369 e. The van der Waals surface area contributed by atoms with E-state index in [1.807, 2.05) is 18.2 Å². The Morgan fingerprint density at radius 1 is 1.33 bits per heavy atom. The minimum atomic E-state index is -0.399. The van der Waals surface area contributed by atoms with Gasteiger partial charge in [0.25, 0.3) is 5.69 Å². The van der Waals surface area contributed by atoms with E-state index >= 15 is 0 Å². The minimum absolute atomic E-state index is 0.0910. The Morgan fingerprint density at radius 3 is 2.78 bits per heavy atom. The number of hydrogen-bond acceptors (Lipinski definition) is 4. The molecule has 0 saturated carbocycles. The van der Waals surface area contributed by atoms with Crippen molar-refractivity contribution in [2.45, 2.75) is 19.0 Å². The Hall–Kier alpha value is -2.80. The van der Waals surface area contributed by atoms with Crippen molar-refractivity contribution in [1.29, 1.82) is 0 Å². The number of nitro groups is 1. The maximum atomic E-state index is 10.7. The number of nitro benzene ring substituents is 1. The number of halogens is 1. The molecule has 0 aromatic heterocycles. The van der Waals surface area contributed by atoms with Gasteiger partial charge >= 0.3 is 0 Å². The van der Waals surface area contributed by atoms with Gasteiger partial charge in [0.15, 0.2) is 5.96 Å². The Balaban J connectivity index is 1.51. The van der Waals surface area contributed by atoms with Crippen molar-refractivity contribution in [3.8, 4) is 0 Å². The van der Waals surface area contributed by atoms with E-state index in [1.54, 1.807) is 19.2 Å². The van der Waals surface area contributed by atoms with Crippen LogP contribution in [0.25, 0.3) is 0 Å². The Labute approximate surface area is 163 Å². The quantitative estimate of drug-likeness (QED) is 0.356. The second-order valence-electron chi connectivity index (χ2n) is 6.41. The number of non-ortho nitro benzene ring substituents is 1. The van der Waals surface area contributed by atoms with Gasteiger partial charge in [0, 0.05) is 55.6 Å². The van der Waals surface area contributed by atoms with Gasteiger partial charge in [-0.3, -0.25) is 15.1 Å². The summed E-state index contributed by atoms with van der Waals surface area (Å²) in [5.41, 5.74) is 2.17. The maximum Gasteiger partial charge on any atom is 0.269 e. The van der Waals surface area contributed by atoms with Crippen LogP contribution in [0, 0.1) is 10.1 Å². The molecule has 1 aliphatic rings. The van der Waals surface area contributed by atoms with Crippen LogP contribution < -0.4 is 15.5 Å². The van der Waals surface area contributed by atoms with E-state index in [4.69, 9.17) is 11.6 Å². The third kappa shape index (κ3) is 5.10. The third-order valence-electron chi connectivity index (χ3n) is 4.53. The zero-order valence-corrected chi connectivity index (χ0v) is 15.8. The Bertz CT molecular complexity index is 825. The van der Waals surface area contributed by atoms with Gasteiger partial charge in [-0.1, -0.05) is 29.8 Å². The zero-order chi connectivity index (χ0) is 19.2. The predicted molar refractivity (Wildman–Crippen MR) is 109 cm³/mol. The highest BCUT2D eigenvalue weighted by molar-refractivity contribution is 6.30. The second-order valence-corrected chi connectivity index (χ2v) is 6.84. The molecule has 7 nitrogen and oxygen atoms in total. The number of nitrogens with one attached hydrogen (secondary N) is 2. The van der Waals surface area contributed by atoms with Crippen LogP contribution in [0.4, 0.5) is 11.4 Å². The van der Waals surface area contributed by atoms with Gasteiger partial charge in [0.2, 0.25) is 0 Å². The third-order valence-corrected chi connectivity index (χ3v) is 4.77. The molecule has 1 aliphatic heterocycles. The van der Waals surface area contributed by atoms with Gasteiger partial charge in [0.1, 0.15) is 0 Å². The lowest BCUT2D eigenvalue weighted by Gasteiger charge is -2.20. The van der Waals surface area contributed by atoms with Crippen molar-refractivity contribution in [2.24, 2.45) is 4.99 Å². The van der Waals surface area contributed by atoms with Crippen LogP contribution in [0.2, 0.25) is 5.02 Å². The van der Waals surface area contributed by atoms with Crippen molar-refractivity contribution in [3.63, 3.8) is 0 Å². The maximum absolute atomic E-state index is 10.7. The fraction of sp³-hybridized carbons (Fsp3) is 0.316. The van der Waals surface area contributed by atoms with Crippen LogP contribution in [0.5, 0.6) is 0 Å². The van der Waals surface area contributed by atoms with Crippen LogP contribution in [0.15, 0.2) is 53.5 Å². The molecule has 1 atom stereocenters. The molecule has 2 aromatic carbocycles. The van der Waals surface area contributed by atoms with Gasteiger partial charge < -0.3 is 15.5 Å². The summed E-state index contributed by atoms with van der Waals surface area (Å²) >= 11 is 6.08. The van der Waals surface area contributed by atoms with Gasteiger partial charge in [-0.25, -0.2) is 0 Å². The van der Waals surface area contributed by atoms with Crippen molar-refractivity contribution >= 4 is 28.9 Å². The summed E-state index contributed by atoms with van der Waals surface area (Å²) in [6, 6.07) is 14.7. The molecule has 3 rings (SSSR count). The summed E-state index contributed by atoms with van der Waals surface area (Å²) < 4.78 is 0. The molecular formula is C19H22ClN5O2. The number of rotatable bonds is 5. The van der Waals surface area contributed by atoms with E-state index < -0.39 is 4.92 Å². The highest BCUT2D eigenvalue weighted by Gasteiger charge is 2.23. The molecule has 1 saturated heterocycles. The van der Waals surface area contributed by atoms with Crippen LogP contribution in [0.1, 0.15) is 12.0 Å². The number of anilines is 1. The van der Waals surface area contributed by atoms with Gasteiger partial charge in [-0.2, -0.15) is 0 Å². The molecular weight excluding hydrogens is 366 g/mol. The van der Waals surface area contributed by atoms with Crippen LogP contribution in [0.3, 0.4) is 0 Å². The number of benzene rings is 2. The summed E-state index contributed by atoms with van der Waals surface area (Å²) in [5.74, 6) is 0.714. The molecule has 0 amide bonds. The summed E-state index contributed by atoms with van der Waals surface area (Å²) in [6.45, 7) is 2.37. The van der Waals surface area contributed by atoms with Crippen LogP contribution in [-0.2, 0) is 6.54 Å². The van der Waals surface area contributed by atoms with Crippen molar-refractivity contribution in [3.05, 3.63) is 69.2 Å². The topological polar surface area (TPSA) is 82.8 Å². The Morgan fingerprint density at radius 2 is 2.11 bits per heavy atom. The smallest absolute Gasteiger partial charge is 0.269 e. The lowest BCUT2D eigenvalue weighted by molar-refractivity contribution is -0.384. The van der Waals surface area contributed by atoms with E-state index in [0.717, 1.165) is 35.8 Å². The fourth-order valence-electron chi connectivity index (χ4n) is 3.09. The van der Waals surface area contributed by atoms with Crippen LogP contribution >= 0.6 is 11.6 Å². The van der Waals surface area contributed by atoms with Gasteiger partial charge in [-0.05, 0) is 30.2 Å². The zero-order valence-electron chi connectivity index (χ0n) is 15.1. The van der Waals surface area contributed by atoms with Crippen molar-refractivity contribution < 1.29 is 4.92 Å². The summed E-state index contributed by atoms with van der Waals surface area (Å²) in [7, 11) is 1.73.